The fourth-order valence-electron chi connectivity index (χ4n) is 3.82. The number of rotatable bonds is 5. The first kappa shape index (κ1) is 17.5. The van der Waals surface area contributed by atoms with Crippen LogP contribution in [0, 0.1) is 0 Å². The predicted molar refractivity (Wildman–Crippen MR) is 91.5 cm³/mol. The molecule has 2 amide bonds. The van der Waals surface area contributed by atoms with Crippen molar-refractivity contribution in [1.82, 2.24) is 14.8 Å². The van der Waals surface area contributed by atoms with E-state index in [1.165, 1.54) is 0 Å². The van der Waals surface area contributed by atoms with Crippen molar-refractivity contribution in [2.75, 3.05) is 13.1 Å². The van der Waals surface area contributed by atoms with Gasteiger partial charge in [-0.15, -0.1) is 0 Å². The van der Waals surface area contributed by atoms with Gasteiger partial charge in [0.05, 0.1) is 25.0 Å². The number of Topliss-reactive ketones (excluding diaryl/α,β-unsaturated/α-hetero) is 1. The van der Waals surface area contributed by atoms with E-state index in [9.17, 15) is 14.4 Å². The Balaban J connectivity index is 1.70. The molecule has 3 rings (SSSR count). The van der Waals surface area contributed by atoms with Gasteiger partial charge in [-0.1, -0.05) is 19.4 Å². The first-order valence-electron chi connectivity index (χ1n) is 8.80. The van der Waals surface area contributed by atoms with E-state index in [1.807, 2.05) is 13.0 Å². The third-order valence-corrected chi connectivity index (χ3v) is 5.02. The SMILES string of the molecule is CCCC(N)C(=O)N1CCC2C1C(=O)CN2C(=O)Cc1cccnc1. The van der Waals surface area contributed by atoms with Crippen molar-refractivity contribution >= 4 is 17.6 Å². The topological polar surface area (TPSA) is 96.6 Å². The van der Waals surface area contributed by atoms with E-state index in [1.54, 1.807) is 28.3 Å². The third-order valence-electron chi connectivity index (χ3n) is 5.02. The number of fused-ring (bicyclic) bond motifs is 1. The number of nitrogens with zero attached hydrogens (tertiary/aromatic N) is 3. The molecular formula is C18H24N4O3. The van der Waals surface area contributed by atoms with Crippen LogP contribution in [0.25, 0.3) is 0 Å². The molecule has 3 atom stereocenters. The molecule has 3 heterocycles. The molecule has 0 aliphatic carbocycles. The molecule has 0 saturated carbocycles. The molecule has 2 N–H and O–H groups in total. The van der Waals surface area contributed by atoms with Gasteiger partial charge in [0, 0.05) is 18.9 Å². The number of pyridine rings is 1. The summed E-state index contributed by atoms with van der Waals surface area (Å²) in [5.74, 6) is -0.343. The highest BCUT2D eigenvalue weighted by atomic mass is 16.2. The standard InChI is InChI=1S/C18H24N4O3/c1-2-4-13(19)18(25)21-8-6-14-17(21)15(23)11-22(14)16(24)9-12-5-3-7-20-10-12/h3,5,7,10,13-14,17H,2,4,6,8-9,11,19H2,1H3. The lowest BCUT2D eigenvalue weighted by Crippen LogP contribution is -2.49. The van der Waals surface area contributed by atoms with Crippen molar-refractivity contribution < 1.29 is 14.4 Å². The molecule has 1 aromatic rings. The number of aromatic nitrogens is 1. The van der Waals surface area contributed by atoms with Gasteiger partial charge in [-0.05, 0) is 24.5 Å². The van der Waals surface area contributed by atoms with Crippen LogP contribution in [0.5, 0.6) is 0 Å². The highest BCUT2D eigenvalue weighted by Gasteiger charge is 2.51. The number of likely N-dealkylation sites (tertiary alicyclic amines) is 2. The number of hydrogen-bond acceptors (Lipinski definition) is 5. The molecule has 0 aromatic carbocycles. The van der Waals surface area contributed by atoms with Gasteiger partial charge in [-0.2, -0.15) is 0 Å². The predicted octanol–water partition coefficient (Wildman–Crippen LogP) is 0.132. The first-order chi connectivity index (χ1) is 12.0. The zero-order valence-corrected chi connectivity index (χ0v) is 14.4. The second-order valence-corrected chi connectivity index (χ2v) is 6.75. The zero-order valence-electron chi connectivity index (χ0n) is 14.4. The maximum absolute atomic E-state index is 12.6. The summed E-state index contributed by atoms with van der Waals surface area (Å²) in [5, 5.41) is 0. The number of hydrogen-bond donors (Lipinski definition) is 1. The number of carbonyl (C=O) groups excluding carboxylic acids is 3. The van der Waals surface area contributed by atoms with Gasteiger partial charge in [0.2, 0.25) is 11.8 Å². The summed E-state index contributed by atoms with van der Waals surface area (Å²) < 4.78 is 0. The molecule has 0 spiro atoms. The molecule has 2 aliphatic rings. The minimum absolute atomic E-state index is 0.0703. The maximum atomic E-state index is 12.6. The van der Waals surface area contributed by atoms with E-state index in [2.05, 4.69) is 4.98 Å². The van der Waals surface area contributed by atoms with Crippen molar-refractivity contribution in [2.24, 2.45) is 5.73 Å². The van der Waals surface area contributed by atoms with Gasteiger partial charge < -0.3 is 15.5 Å². The van der Waals surface area contributed by atoms with Crippen LogP contribution in [0.1, 0.15) is 31.7 Å². The number of amides is 2. The summed E-state index contributed by atoms with van der Waals surface area (Å²) in [7, 11) is 0. The molecular weight excluding hydrogens is 320 g/mol. The molecule has 7 nitrogen and oxygen atoms in total. The number of nitrogens with two attached hydrogens (primary N) is 1. The Labute approximate surface area is 147 Å². The summed E-state index contributed by atoms with van der Waals surface area (Å²) in [6, 6.07) is 2.29. The molecule has 0 radical (unpaired) electrons. The van der Waals surface area contributed by atoms with Crippen molar-refractivity contribution in [1.29, 1.82) is 0 Å². The molecule has 3 unspecified atom stereocenters. The third kappa shape index (κ3) is 3.42. The molecule has 2 fully saturated rings. The van der Waals surface area contributed by atoms with Crippen LogP contribution < -0.4 is 5.73 Å². The fourth-order valence-corrected chi connectivity index (χ4v) is 3.82. The summed E-state index contributed by atoms with van der Waals surface area (Å²) in [5.41, 5.74) is 6.76. The highest BCUT2D eigenvalue weighted by molar-refractivity contribution is 5.98. The van der Waals surface area contributed by atoms with E-state index >= 15 is 0 Å². The van der Waals surface area contributed by atoms with Crippen LogP contribution in [-0.2, 0) is 20.8 Å². The number of ketones is 1. The van der Waals surface area contributed by atoms with Crippen molar-refractivity contribution in [3.8, 4) is 0 Å². The molecule has 2 aliphatic heterocycles. The van der Waals surface area contributed by atoms with Crippen LogP contribution in [0.3, 0.4) is 0 Å². The van der Waals surface area contributed by atoms with Gasteiger partial charge in [0.1, 0.15) is 6.04 Å². The lowest BCUT2D eigenvalue weighted by atomic mass is 10.1. The Kier molecular flexibility index (Phi) is 5.13. The molecule has 7 heteroatoms. The molecule has 134 valence electrons. The lowest BCUT2D eigenvalue weighted by molar-refractivity contribution is -0.137. The van der Waals surface area contributed by atoms with Crippen LogP contribution in [0.2, 0.25) is 0 Å². The average Bonchev–Trinajstić information content (AvgIpc) is 3.17. The maximum Gasteiger partial charge on any atom is 0.240 e. The van der Waals surface area contributed by atoms with E-state index in [0.29, 0.717) is 19.4 Å². The molecule has 25 heavy (non-hydrogen) atoms. The fraction of sp³-hybridized carbons (Fsp3) is 0.556. The van der Waals surface area contributed by atoms with Gasteiger partial charge in [-0.3, -0.25) is 19.4 Å². The Hall–Kier alpha value is -2.28. The quantitative estimate of drug-likeness (QED) is 0.819. The summed E-state index contributed by atoms with van der Waals surface area (Å²) in [6.45, 7) is 2.52. The highest BCUT2D eigenvalue weighted by Crippen LogP contribution is 2.30. The van der Waals surface area contributed by atoms with E-state index in [-0.39, 0.29) is 36.6 Å². The summed E-state index contributed by atoms with van der Waals surface area (Å²) in [4.78, 5) is 44.9. The van der Waals surface area contributed by atoms with Crippen molar-refractivity contribution in [3.05, 3.63) is 30.1 Å². The Morgan fingerprint density at radius 2 is 2.20 bits per heavy atom. The van der Waals surface area contributed by atoms with Gasteiger partial charge in [0.25, 0.3) is 0 Å². The minimum Gasteiger partial charge on any atom is -0.329 e. The van der Waals surface area contributed by atoms with Crippen LogP contribution in [-0.4, -0.2) is 63.6 Å². The zero-order chi connectivity index (χ0) is 18.0. The Bertz CT molecular complexity index is 664. The monoisotopic (exact) mass is 344 g/mol. The van der Waals surface area contributed by atoms with Crippen LogP contribution >= 0.6 is 0 Å². The van der Waals surface area contributed by atoms with Gasteiger partial charge in [0.15, 0.2) is 5.78 Å². The largest absolute Gasteiger partial charge is 0.329 e. The number of carbonyl (C=O) groups is 3. The van der Waals surface area contributed by atoms with Crippen molar-refractivity contribution in [3.63, 3.8) is 0 Å². The second kappa shape index (κ2) is 7.31. The molecule has 0 bridgehead atoms. The van der Waals surface area contributed by atoms with E-state index in [4.69, 9.17) is 5.73 Å². The molecule has 1 aromatic heterocycles. The first-order valence-corrected chi connectivity index (χ1v) is 8.80. The van der Waals surface area contributed by atoms with Gasteiger partial charge >= 0.3 is 0 Å². The normalized spacial score (nSPS) is 23.7. The van der Waals surface area contributed by atoms with Crippen molar-refractivity contribution in [2.45, 2.75) is 50.7 Å². The average molecular weight is 344 g/mol. The van der Waals surface area contributed by atoms with Gasteiger partial charge in [-0.25, -0.2) is 0 Å². The van der Waals surface area contributed by atoms with Crippen LogP contribution in [0.4, 0.5) is 0 Å². The molecule has 2 saturated heterocycles. The minimum atomic E-state index is -0.573. The van der Waals surface area contributed by atoms with E-state index < -0.39 is 12.1 Å². The summed E-state index contributed by atoms with van der Waals surface area (Å²) in [6.07, 6.45) is 5.57. The Morgan fingerprint density at radius 1 is 1.40 bits per heavy atom. The summed E-state index contributed by atoms with van der Waals surface area (Å²) >= 11 is 0. The lowest BCUT2D eigenvalue weighted by Gasteiger charge is -2.26. The van der Waals surface area contributed by atoms with Crippen LogP contribution in [0.15, 0.2) is 24.5 Å². The second-order valence-electron chi connectivity index (χ2n) is 6.75. The van der Waals surface area contributed by atoms with E-state index in [0.717, 1.165) is 12.0 Å². The Morgan fingerprint density at radius 3 is 2.88 bits per heavy atom. The smallest absolute Gasteiger partial charge is 0.240 e.